The van der Waals surface area contributed by atoms with Crippen molar-refractivity contribution in [1.82, 2.24) is 5.32 Å². The molecule has 3 atom stereocenters. The van der Waals surface area contributed by atoms with Gasteiger partial charge in [0.15, 0.2) is 0 Å². The van der Waals surface area contributed by atoms with E-state index in [1.165, 1.54) is 19.3 Å². The molecule has 4 bridgehead atoms. The first-order valence-electron chi connectivity index (χ1n) is 9.06. The lowest BCUT2D eigenvalue weighted by Gasteiger charge is -2.66. The SMILES string of the molecule is CC12CC3CC(C)(C1)CC(C(NC(=O)OC(C)(C)C)C(=O)O)(C3)C2. The molecule has 4 fully saturated rings. The van der Waals surface area contributed by atoms with Crippen molar-refractivity contribution in [2.75, 3.05) is 0 Å². The van der Waals surface area contributed by atoms with Crippen LogP contribution in [0.1, 0.15) is 73.1 Å². The molecule has 4 saturated carbocycles. The Morgan fingerprint density at radius 1 is 1.08 bits per heavy atom. The molecule has 4 aliphatic carbocycles. The Kier molecular flexibility index (Phi) is 3.75. The molecule has 0 spiro atoms. The van der Waals surface area contributed by atoms with Gasteiger partial charge in [0.25, 0.3) is 0 Å². The summed E-state index contributed by atoms with van der Waals surface area (Å²) in [5.41, 5.74) is -0.562. The highest BCUT2D eigenvalue weighted by molar-refractivity contribution is 5.81. The smallest absolute Gasteiger partial charge is 0.408 e. The molecule has 3 unspecified atom stereocenters. The van der Waals surface area contributed by atoms with Crippen LogP contribution in [-0.4, -0.2) is 28.8 Å². The fraction of sp³-hybridized carbons (Fsp3) is 0.895. The average Bonchev–Trinajstić information content (AvgIpc) is 2.28. The molecule has 24 heavy (non-hydrogen) atoms. The van der Waals surface area contributed by atoms with Gasteiger partial charge in [0.05, 0.1) is 0 Å². The number of carboxylic acid groups (broad SMARTS) is 1. The number of nitrogens with one attached hydrogen (secondary N) is 1. The van der Waals surface area contributed by atoms with Crippen molar-refractivity contribution in [3.05, 3.63) is 0 Å². The minimum atomic E-state index is -0.935. The van der Waals surface area contributed by atoms with Gasteiger partial charge in [0, 0.05) is 5.41 Å². The minimum absolute atomic E-state index is 0.206. The quantitative estimate of drug-likeness (QED) is 0.817. The highest BCUT2D eigenvalue weighted by Crippen LogP contribution is 2.70. The summed E-state index contributed by atoms with van der Waals surface area (Å²) in [5, 5.41) is 12.6. The zero-order valence-electron chi connectivity index (χ0n) is 15.6. The van der Waals surface area contributed by atoms with E-state index in [0.29, 0.717) is 5.92 Å². The topological polar surface area (TPSA) is 75.6 Å². The second kappa shape index (κ2) is 5.12. The van der Waals surface area contributed by atoms with Gasteiger partial charge in [-0.3, -0.25) is 0 Å². The Morgan fingerprint density at radius 2 is 1.62 bits per heavy atom. The number of hydrogen-bond donors (Lipinski definition) is 2. The van der Waals surface area contributed by atoms with E-state index in [-0.39, 0.29) is 16.2 Å². The highest BCUT2D eigenvalue weighted by Gasteiger charge is 2.63. The Hall–Kier alpha value is -1.26. The summed E-state index contributed by atoms with van der Waals surface area (Å²) < 4.78 is 5.32. The normalized spacial score (nSPS) is 41.8. The van der Waals surface area contributed by atoms with Gasteiger partial charge in [0.2, 0.25) is 0 Å². The number of carbonyl (C=O) groups is 2. The van der Waals surface area contributed by atoms with Gasteiger partial charge < -0.3 is 15.2 Å². The zero-order valence-corrected chi connectivity index (χ0v) is 15.6. The number of rotatable bonds is 3. The van der Waals surface area contributed by atoms with Crippen molar-refractivity contribution in [3.8, 4) is 0 Å². The summed E-state index contributed by atoms with van der Waals surface area (Å²) >= 11 is 0. The van der Waals surface area contributed by atoms with Crippen LogP contribution in [0.25, 0.3) is 0 Å². The van der Waals surface area contributed by atoms with E-state index in [9.17, 15) is 14.7 Å². The summed E-state index contributed by atoms with van der Waals surface area (Å²) in [4.78, 5) is 24.3. The number of hydrogen-bond acceptors (Lipinski definition) is 3. The number of ether oxygens (including phenoxy) is 1. The van der Waals surface area contributed by atoms with Crippen LogP contribution < -0.4 is 5.32 Å². The van der Waals surface area contributed by atoms with Gasteiger partial charge in [-0.15, -0.1) is 0 Å². The molecule has 0 aromatic rings. The van der Waals surface area contributed by atoms with Crippen molar-refractivity contribution >= 4 is 12.1 Å². The Morgan fingerprint density at radius 3 is 2.04 bits per heavy atom. The fourth-order valence-electron chi connectivity index (χ4n) is 6.76. The van der Waals surface area contributed by atoms with E-state index in [0.717, 1.165) is 19.3 Å². The van der Waals surface area contributed by atoms with Crippen LogP contribution in [0.15, 0.2) is 0 Å². The van der Waals surface area contributed by atoms with Crippen molar-refractivity contribution in [2.45, 2.75) is 84.8 Å². The molecule has 1 amide bonds. The van der Waals surface area contributed by atoms with E-state index in [1.54, 1.807) is 20.8 Å². The van der Waals surface area contributed by atoms with Gasteiger partial charge in [-0.1, -0.05) is 13.8 Å². The molecule has 0 heterocycles. The second-order valence-electron chi connectivity index (χ2n) is 10.4. The third-order valence-electron chi connectivity index (χ3n) is 6.19. The average molecular weight is 337 g/mol. The van der Waals surface area contributed by atoms with Crippen molar-refractivity contribution < 1.29 is 19.4 Å². The number of amides is 1. The third kappa shape index (κ3) is 3.14. The zero-order chi connectivity index (χ0) is 18.0. The third-order valence-corrected chi connectivity index (χ3v) is 6.19. The lowest BCUT2D eigenvalue weighted by Crippen LogP contribution is -2.64. The second-order valence-corrected chi connectivity index (χ2v) is 10.4. The molecule has 2 N–H and O–H groups in total. The number of alkyl carbamates (subject to hydrolysis) is 1. The van der Waals surface area contributed by atoms with Gasteiger partial charge in [0.1, 0.15) is 11.6 Å². The monoisotopic (exact) mass is 337 g/mol. The first kappa shape index (κ1) is 17.6. The summed E-state index contributed by atoms with van der Waals surface area (Å²) in [5.74, 6) is -0.353. The molecular formula is C19H31NO4. The summed E-state index contributed by atoms with van der Waals surface area (Å²) in [6.45, 7) is 9.97. The summed E-state index contributed by atoms with van der Waals surface area (Å²) in [7, 11) is 0. The molecular weight excluding hydrogens is 306 g/mol. The molecule has 5 heteroatoms. The lowest BCUT2D eigenvalue weighted by molar-refractivity contribution is -0.173. The van der Waals surface area contributed by atoms with Crippen molar-refractivity contribution in [3.63, 3.8) is 0 Å². The summed E-state index contributed by atoms with van der Waals surface area (Å²) in [6, 6.07) is -0.866. The van der Waals surface area contributed by atoms with Crippen LogP contribution in [0.4, 0.5) is 4.79 Å². The van der Waals surface area contributed by atoms with E-state index < -0.39 is 23.7 Å². The van der Waals surface area contributed by atoms with Gasteiger partial charge >= 0.3 is 12.1 Å². The maximum atomic E-state index is 12.2. The van der Waals surface area contributed by atoms with E-state index in [1.807, 2.05) is 0 Å². The molecule has 0 aliphatic heterocycles. The van der Waals surface area contributed by atoms with Crippen molar-refractivity contribution in [2.24, 2.45) is 22.2 Å². The number of carboxylic acids is 1. The Labute approximate surface area is 144 Å². The first-order valence-corrected chi connectivity index (χ1v) is 9.06. The number of carbonyl (C=O) groups excluding carboxylic acids is 1. The molecule has 0 aromatic carbocycles. The molecule has 136 valence electrons. The van der Waals surface area contributed by atoms with Crippen LogP contribution in [-0.2, 0) is 9.53 Å². The van der Waals surface area contributed by atoms with Crippen LogP contribution in [0, 0.1) is 22.2 Å². The number of aliphatic carboxylic acids is 1. The molecule has 0 saturated heterocycles. The minimum Gasteiger partial charge on any atom is -0.480 e. The van der Waals surface area contributed by atoms with E-state index in [2.05, 4.69) is 19.2 Å². The lowest BCUT2D eigenvalue weighted by atomic mass is 9.39. The maximum Gasteiger partial charge on any atom is 0.408 e. The standard InChI is InChI=1S/C19H31NO4/c1-16(2,3)24-15(23)20-13(14(21)22)19-8-12-6-17(4,10-19)9-18(5,7-12)11-19/h12-13H,6-11H2,1-5H3,(H,20,23)(H,21,22). The molecule has 5 nitrogen and oxygen atoms in total. The van der Waals surface area contributed by atoms with E-state index in [4.69, 9.17) is 4.74 Å². The van der Waals surface area contributed by atoms with Crippen LogP contribution in [0.2, 0.25) is 0 Å². The van der Waals surface area contributed by atoms with Crippen LogP contribution in [0.5, 0.6) is 0 Å². The molecule has 4 rings (SSSR count). The Bertz CT molecular complexity index is 546. The Balaban J connectivity index is 1.86. The molecule has 0 aromatic heterocycles. The predicted molar refractivity (Wildman–Crippen MR) is 90.6 cm³/mol. The van der Waals surface area contributed by atoms with E-state index >= 15 is 0 Å². The first-order chi connectivity index (χ1) is 10.8. The highest BCUT2D eigenvalue weighted by atomic mass is 16.6. The van der Waals surface area contributed by atoms with Crippen LogP contribution in [0.3, 0.4) is 0 Å². The van der Waals surface area contributed by atoms with Gasteiger partial charge in [-0.05, 0) is 76.0 Å². The van der Waals surface area contributed by atoms with Crippen LogP contribution >= 0.6 is 0 Å². The van der Waals surface area contributed by atoms with Gasteiger partial charge in [-0.2, -0.15) is 0 Å². The fourth-order valence-corrected chi connectivity index (χ4v) is 6.76. The summed E-state index contributed by atoms with van der Waals surface area (Å²) in [6.07, 6.45) is 5.63. The van der Waals surface area contributed by atoms with Crippen molar-refractivity contribution in [1.29, 1.82) is 0 Å². The largest absolute Gasteiger partial charge is 0.480 e. The van der Waals surface area contributed by atoms with Gasteiger partial charge in [-0.25, -0.2) is 9.59 Å². The maximum absolute atomic E-state index is 12.2. The molecule has 0 radical (unpaired) electrons. The predicted octanol–water partition coefficient (Wildman–Crippen LogP) is 3.96. The molecule has 4 aliphatic rings.